The molecule has 30 heavy (non-hydrogen) atoms. The zero-order chi connectivity index (χ0) is 22.2. The number of benzene rings is 1. The van der Waals surface area contributed by atoms with E-state index in [-0.39, 0.29) is 6.04 Å². The van der Waals surface area contributed by atoms with Crippen molar-refractivity contribution < 1.29 is 9.29 Å². The minimum atomic E-state index is -1.26. The van der Waals surface area contributed by atoms with E-state index in [1.165, 1.54) is 0 Å². The van der Waals surface area contributed by atoms with Crippen molar-refractivity contribution in [3.8, 4) is 6.07 Å². The predicted octanol–water partition coefficient (Wildman–Crippen LogP) is 4.75. The molecule has 8 heteroatoms. The van der Waals surface area contributed by atoms with Gasteiger partial charge in [-0.25, -0.2) is 4.98 Å². The molecule has 0 radical (unpaired) electrons. The van der Waals surface area contributed by atoms with Crippen LogP contribution in [0.2, 0.25) is 25.7 Å². The van der Waals surface area contributed by atoms with Gasteiger partial charge in [-0.05, 0) is 57.4 Å². The van der Waals surface area contributed by atoms with Crippen LogP contribution in [0.25, 0.3) is 11.0 Å². The Hall–Kier alpha value is -1.37. The van der Waals surface area contributed by atoms with E-state index in [4.69, 9.17) is 4.74 Å². The molecule has 0 saturated heterocycles. The molecule has 164 valence electrons. The van der Waals surface area contributed by atoms with Crippen LogP contribution in [0, 0.1) is 16.7 Å². The Balaban J connectivity index is 1.83. The summed E-state index contributed by atoms with van der Waals surface area (Å²) < 4.78 is 23.6. The number of aromatic nitrogens is 2. The smallest absolute Gasteiger partial charge is 0.136 e. The third-order valence-corrected chi connectivity index (χ3v) is 8.82. The van der Waals surface area contributed by atoms with Gasteiger partial charge in [0.25, 0.3) is 0 Å². The lowest BCUT2D eigenvalue weighted by Crippen LogP contribution is -2.43. The minimum Gasteiger partial charge on any atom is -0.598 e. The maximum Gasteiger partial charge on any atom is 0.136 e. The number of hydrogen-bond donors (Lipinski definition) is 1. The topological polar surface area (TPSA) is 85.9 Å². The molecule has 0 bridgehead atoms. The molecule has 1 fully saturated rings. The fourth-order valence-corrected chi connectivity index (χ4v) is 4.97. The Morgan fingerprint density at radius 1 is 1.37 bits per heavy atom. The summed E-state index contributed by atoms with van der Waals surface area (Å²) >= 11 is -1.26. The highest BCUT2D eigenvalue weighted by molar-refractivity contribution is 7.90. The van der Waals surface area contributed by atoms with Crippen LogP contribution in [0.15, 0.2) is 24.5 Å². The average Bonchev–Trinajstić information content (AvgIpc) is 3.35. The van der Waals surface area contributed by atoms with Crippen molar-refractivity contribution in [1.82, 2.24) is 14.3 Å². The van der Waals surface area contributed by atoms with Crippen LogP contribution in [0.4, 0.5) is 0 Å². The zero-order valence-corrected chi connectivity index (χ0v) is 20.8. The lowest BCUT2D eigenvalue weighted by molar-refractivity contribution is 0.0898. The van der Waals surface area contributed by atoms with Crippen LogP contribution < -0.4 is 4.72 Å². The first-order valence-electron chi connectivity index (χ1n) is 10.6. The Kier molecular flexibility index (Phi) is 6.70. The first-order valence-corrected chi connectivity index (χ1v) is 15.4. The third-order valence-electron chi connectivity index (χ3n) is 5.55. The molecule has 6 nitrogen and oxygen atoms in total. The number of nitrogens with one attached hydrogen (secondary N) is 1. The first kappa shape index (κ1) is 23.3. The fraction of sp³-hybridized carbons (Fsp3) is 0.636. The number of nitrogens with zero attached hydrogens (tertiary/aromatic N) is 3. The molecule has 1 aliphatic rings. The molecule has 1 aromatic carbocycles. The van der Waals surface area contributed by atoms with Crippen LogP contribution in [0.5, 0.6) is 0 Å². The van der Waals surface area contributed by atoms with Crippen molar-refractivity contribution in [2.45, 2.75) is 76.8 Å². The van der Waals surface area contributed by atoms with Gasteiger partial charge in [0, 0.05) is 26.0 Å². The quantitative estimate of drug-likeness (QED) is 0.341. The van der Waals surface area contributed by atoms with Crippen LogP contribution >= 0.6 is 0 Å². The van der Waals surface area contributed by atoms with Crippen molar-refractivity contribution in [2.75, 3.05) is 6.61 Å². The molecule has 0 unspecified atom stereocenters. The largest absolute Gasteiger partial charge is 0.598 e. The van der Waals surface area contributed by atoms with E-state index >= 15 is 0 Å². The summed E-state index contributed by atoms with van der Waals surface area (Å²) in [5.74, 6) is 0. The van der Waals surface area contributed by atoms with Gasteiger partial charge in [-0.1, -0.05) is 25.7 Å². The number of hydrogen-bond acceptors (Lipinski definition) is 5. The third kappa shape index (κ3) is 5.45. The van der Waals surface area contributed by atoms with Gasteiger partial charge in [0.2, 0.25) is 0 Å². The van der Waals surface area contributed by atoms with Gasteiger partial charge in [0.05, 0.1) is 34.9 Å². The standard InChI is InChI=1S/C22H34N4O2SSi/c1-21(2,3)29(27)25-20(22(14-23)9-10-22)17-7-8-18-19(13-17)26(15-24-18)16-28-11-12-30(4,5)6/h7-8,13,15,20,25H,9-12,16H2,1-6H3/t20-,29+/m0/s1. The minimum absolute atomic E-state index is 0.275. The lowest BCUT2D eigenvalue weighted by Gasteiger charge is -2.30. The summed E-state index contributed by atoms with van der Waals surface area (Å²) in [7, 11) is -1.12. The molecule has 1 saturated carbocycles. The van der Waals surface area contributed by atoms with E-state index in [0.717, 1.165) is 42.1 Å². The summed E-state index contributed by atoms with van der Waals surface area (Å²) in [4.78, 5) is 4.49. The molecule has 2 aromatic rings. The van der Waals surface area contributed by atoms with E-state index in [1.54, 1.807) is 6.33 Å². The molecule has 0 amide bonds. The lowest BCUT2D eigenvalue weighted by atomic mass is 9.92. The highest BCUT2D eigenvalue weighted by Gasteiger charge is 2.53. The van der Waals surface area contributed by atoms with Crippen molar-refractivity contribution in [2.24, 2.45) is 5.41 Å². The SMILES string of the molecule is CC(C)(C)[S@@+]([O-])N[C@@H](c1ccc2ncn(COCC[Si](C)(C)C)c2c1)C1(C#N)CC1. The first-order chi connectivity index (χ1) is 14.0. The predicted molar refractivity (Wildman–Crippen MR) is 125 cm³/mol. The van der Waals surface area contributed by atoms with Gasteiger partial charge in [0.15, 0.2) is 0 Å². The summed E-state index contributed by atoms with van der Waals surface area (Å²) in [5, 5.41) is 9.82. The Labute approximate surface area is 184 Å². The molecule has 0 spiro atoms. The number of nitriles is 1. The monoisotopic (exact) mass is 446 g/mol. The molecular weight excluding hydrogens is 412 g/mol. The Morgan fingerprint density at radius 2 is 2.07 bits per heavy atom. The molecule has 0 aliphatic heterocycles. The van der Waals surface area contributed by atoms with Gasteiger partial charge >= 0.3 is 0 Å². The number of fused-ring (bicyclic) bond motifs is 1. The summed E-state index contributed by atoms with van der Waals surface area (Å²) in [5.41, 5.74) is 2.35. The van der Waals surface area contributed by atoms with E-state index in [0.29, 0.717) is 6.73 Å². The van der Waals surface area contributed by atoms with Crippen LogP contribution in [0.3, 0.4) is 0 Å². The van der Waals surface area contributed by atoms with Crippen LogP contribution in [-0.2, 0) is 22.8 Å². The zero-order valence-electron chi connectivity index (χ0n) is 19.0. The maximum absolute atomic E-state index is 12.8. The average molecular weight is 447 g/mol. The van der Waals surface area contributed by atoms with E-state index in [1.807, 2.05) is 37.5 Å². The molecule has 1 heterocycles. The van der Waals surface area contributed by atoms with Crippen molar-refractivity contribution in [1.29, 1.82) is 5.26 Å². The second kappa shape index (κ2) is 8.64. The highest BCUT2D eigenvalue weighted by Crippen LogP contribution is 2.55. The van der Waals surface area contributed by atoms with Gasteiger partial charge in [-0.2, -0.15) is 5.26 Å². The number of rotatable bonds is 9. The number of ether oxygens (including phenoxy) is 1. The van der Waals surface area contributed by atoms with E-state index in [2.05, 4.69) is 41.5 Å². The second-order valence-corrected chi connectivity index (χ2v) is 18.1. The van der Waals surface area contributed by atoms with Crippen molar-refractivity contribution in [3.05, 3.63) is 30.1 Å². The van der Waals surface area contributed by atoms with E-state index in [9.17, 15) is 9.81 Å². The van der Waals surface area contributed by atoms with Crippen molar-refractivity contribution >= 4 is 30.5 Å². The molecular formula is C22H34N4O2SSi. The van der Waals surface area contributed by atoms with Crippen LogP contribution in [0.1, 0.15) is 45.2 Å². The van der Waals surface area contributed by atoms with Gasteiger partial charge < -0.3 is 13.9 Å². The van der Waals surface area contributed by atoms with Gasteiger partial charge in [-0.15, -0.1) is 4.72 Å². The molecule has 3 rings (SSSR count). The Bertz CT molecular complexity index is 922. The summed E-state index contributed by atoms with van der Waals surface area (Å²) in [6.07, 6.45) is 3.44. The van der Waals surface area contributed by atoms with Gasteiger partial charge in [-0.3, -0.25) is 0 Å². The normalized spacial score (nSPS) is 18.2. The second-order valence-electron chi connectivity index (χ2n) is 10.5. The number of imidazole rings is 1. The molecule has 1 N–H and O–H groups in total. The van der Waals surface area contributed by atoms with Gasteiger partial charge in [0.1, 0.15) is 11.5 Å². The summed E-state index contributed by atoms with van der Waals surface area (Å²) in [6.45, 7) is 14.0. The van der Waals surface area contributed by atoms with E-state index < -0.39 is 29.6 Å². The molecule has 2 atom stereocenters. The fourth-order valence-electron chi connectivity index (χ4n) is 3.28. The van der Waals surface area contributed by atoms with Crippen molar-refractivity contribution in [3.63, 3.8) is 0 Å². The highest BCUT2D eigenvalue weighted by atomic mass is 32.2. The molecule has 1 aromatic heterocycles. The Morgan fingerprint density at radius 3 is 2.63 bits per heavy atom. The maximum atomic E-state index is 12.8. The summed E-state index contributed by atoms with van der Waals surface area (Å²) in [6, 6.07) is 9.38. The molecule has 1 aliphatic carbocycles. The van der Waals surface area contributed by atoms with Crippen LogP contribution in [-0.4, -0.2) is 33.5 Å².